The van der Waals surface area contributed by atoms with E-state index in [-0.39, 0.29) is 42.2 Å². The molecule has 32 heavy (non-hydrogen) atoms. The van der Waals surface area contributed by atoms with E-state index in [0.29, 0.717) is 28.1 Å². The Hall–Kier alpha value is -2.16. The monoisotopic (exact) mass is 495 g/mol. The molecule has 4 aromatic rings. The number of halogens is 3. The summed E-state index contributed by atoms with van der Waals surface area (Å²) in [7, 11) is 1.60. The summed E-state index contributed by atoms with van der Waals surface area (Å²) in [4.78, 5) is 17.5. The van der Waals surface area contributed by atoms with Crippen LogP contribution in [0.4, 0.5) is 4.39 Å². The first-order chi connectivity index (χ1) is 14.5. The molecule has 1 fully saturated rings. The lowest BCUT2D eigenvalue weighted by Crippen LogP contribution is -2.26. The predicted molar refractivity (Wildman–Crippen MR) is 134 cm³/mol. The maximum Gasteiger partial charge on any atom is 0.266 e. The van der Waals surface area contributed by atoms with E-state index in [4.69, 9.17) is 10.5 Å². The lowest BCUT2D eigenvalue weighted by atomic mass is 9.96. The number of methoxy groups -OCH3 is 1. The van der Waals surface area contributed by atoms with Crippen LogP contribution in [-0.2, 0) is 6.54 Å². The highest BCUT2D eigenvalue weighted by Crippen LogP contribution is 2.40. The SMILES string of the molecule is COc1ccc2[nH]c(=O)c3sccc3c2c1-c1ccc(CN2CCC(N)C2)c(F)c1.Cl.Cl. The van der Waals surface area contributed by atoms with Crippen molar-refractivity contribution in [2.45, 2.75) is 19.0 Å². The van der Waals surface area contributed by atoms with Crippen molar-refractivity contribution in [3.8, 4) is 16.9 Å². The molecule has 0 spiro atoms. The summed E-state index contributed by atoms with van der Waals surface area (Å²) in [6, 6.07) is 11.1. The number of aromatic nitrogens is 1. The van der Waals surface area contributed by atoms with Gasteiger partial charge in [-0.05, 0) is 41.6 Å². The van der Waals surface area contributed by atoms with Gasteiger partial charge in [-0.15, -0.1) is 36.2 Å². The molecule has 5 rings (SSSR count). The normalized spacial score (nSPS) is 16.2. The molecular weight excluding hydrogens is 472 g/mol. The zero-order valence-electron chi connectivity index (χ0n) is 17.4. The minimum absolute atomic E-state index is 0. The molecule has 5 nitrogen and oxygen atoms in total. The van der Waals surface area contributed by atoms with E-state index in [1.807, 2.05) is 35.7 Å². The largest absolute Gasteiger partial charge is 0.496 e. The Morgan fingerprint density at radius 1 is 1.25 bits per heavy atom. The van der Waals surface area contributed by atoms with Crippen molar-refractivity contribution in [3.05, 3.63) is 63.5 Å². The van der Waals surface area contributed by atoms with Gasteiger partial charge in [-0.1, -0.05) is 12.1 Å². The molecule has 1 aliphatic heterocycles. The molecule has 1 atom stereocenters. The number of aromatic amines is 1. The van der Waals surface area contributed by atoms with Gasteiger partial charge in [-0.25, -0.2) is 4.39 Å². The van der Waals surface area contributed by atoms with Crippen molar-refractivity contribution in [1.82, 2.24) is 9.88 Å². The number of thiophene rings is 1. The number of H-pyrrole nitrogens is 1. The summed E-state index contributed by atoms with van der Waals surface area (Å²) >= 11 is 1.40. The van der Waals surface area contributed by atoms with Gasteiger partial charge in [0.2, 0.25) is 0 Å². The van der Waals surface area contributed by atoms with E-state index >= 15 is 4.39 Å². The number of benzene rings is 2. The Balaban J connectivity index is 0.00000144. The summed E-state index contributed by atoms with van der Waals surface area (Å²) < 4.78 is 21.4. The van der Waals surface area contributed by atoms with Gasteiger partial charge in [0.15, 0.2) is 0 Å². The molecule has 2 aromatic heterocycles. The van der Waals surface area contributed by atoms with Crippen molar-refractivity contribution >= 4 is 57.1 Å². The quantitative estimate of drug-likeness (QED) is 0.420. The Morgan fingerprint density at radius 3 is 2.75 bits per heavy atom. The fourth-order valence-electron chi connectivity index (χ4n) is 4.36. The van der Waals surface area contributed by atoms with Gasteiger partial charge in [-0.2, -0.15) is 0 Å². The molecule has 0 radical (unpaired) electrons. The van der Waals surface area contributed by atoms with Crippen LogP contribution in [0.2, 0.25) is 0 Å². The Labute approximate surface area is 201 Å². The summed E-state index contributed by atoms with van der Waals surface area (Å²) in [5.41, 5.74) is 8.72. The maximum absolute atomic E-state index is 15.1. The molecular formula is C23H24Cl2FN3O2S. The predicted octanol–water partition coefficient (Wildman–Crippen LogP) is 4.93. The number of nitrogens with one attached hydrogen (secondary N) is 1. The topological polar surface area (TPSA) is 71.4 Å². The Morgan fingerprint density at radius 2 is 2.06 bits per heavy atom. The van der Waals surface area contributed by atoms with E-state index < -0.39 is 0 Å². The second kappa shape index (κ2) is 9.77. The number of nitrogens with two attached hydrogens (primary N) is 1. The smallest absolute Gasteiger partial charge is 0.266 e. The average Bonchev–Trinajstić information content (AvgIpc) is 3.38. The molecule has 0 aliphatic carbocycles. The highest BCUT2D eigenvalue weighted by atomic mass is 35.5. The summed E-state index contributed by atoms with van der Waals surface area (Å²) in [5, 5.41) is 3.61. The summed E-state index contributed by atoms with van der Waals surface area (Å²) in [5.74, 6) is 0.387. The van der Waals surface area contributed by atoms with Crippen LogP contribution in [0.15, 0.2) is 46.6 Å². The number of rotatable bonds is 4. The molecule has 1 unspecified atom stereocenters. The molecule has 170 valence electrons. The van der Waals surface area contributed by atoms with Gasteiger partial charge in [0.1, 0.15) is 16.3 Å². The molecule has 3 heterocycles. The van der Waals surface area contributed by atoms with Crippen molar-refractivity contribution < 1.29 is 9.13 Å². The molecule has 1 saturated heterocycles. The van der Waals surface area contributed by atoms with Crippen molar-refractivity contribution in [1.29, 1.82) is 0 Å². The van der Waals surface area contributed by atoms with E-state index in [2.05, 4.69) is 9.88 Å². The first-order valence-corrected chi connectivity index (χ1v) is 10.8. The van der Waals surface area contributed by atoms with Crippen LogP contribution in [0.25, 0.3) is 32.1 Å². The van der Waals surface area contributed by atoms with E-state index in [1.54, 1.807) is 13.2 Å². The van der Waals surface area contributed by atoms with Crippen molar-refractivity contribution in [3.63, 3.8) is 0 Å². The van der Waals surface area contributed by atoms with Gasteiger partial charge in [-0.3, -0.25) is 9.69 Å². The number of pyridine rings is 1. The molecule has 9 heteroatoms. The Kier molecular flexibility index (Phi) is 7.47. The molecule has 2 aromatic carbocycles. The maximum atomic E-state index is 15.1. The van der Waals surface area contributed by atoms with Gasteiger partial charge in [0.25, 0.3) is 5.56 Å². The molecule has 0 saturated carbocycles. The summed E-state index contributed by atoms with van der Waals surface area (Å²) in [6.45, 7) is 2.24. The van der Waals surface area contributed by atoms with Crippen LogP contribution in [0.3, 0.4) is 0 Å². The van der Waals surface area contributed by atoms with Gasteiger partial charge >= 0.3 is 0 Å². The second-order valence-corrected chi connectivity index (χ2v) is 8.69. The van der Waals surface area contributed by atoms with Crippen LogP contribution in [-0.4, -0.2) is 36.1 Å². The third kappa shape index (κ3) is 4.23. The number of fused-ring (bicyclic) bond motifs is 3. The number of likely N-dealkylation sites (tertiary alicyclic amines) is 1. The number of nitrogens with zero attached hydrogens (tertiary/aromatic N) is 1. The standard InChI is InChI=1S/C23H22FN3O2S.2ClH/c1-29-19-5-4-18-21(16-7-9-30-22(16)23(28)26-18)20(19)13-2-3-14(17(24)10-13)11-27-8-6-15(25)12-27;;/h2-5,7,9-10,15H,6,8,11-12,25H2,1H3,(H,26,28);2*1H. The average molecular weight is 496 g/mol. The zero-order chi connectivity index (χ0) is 20.8. The molecule has 0 bridgehead atoms. The highest BCUT2D eigenvalue weighted by molar-refractivity contribution is 7.17. The van der Waals surface area contributed by atoms with E-state index in [1.165, 1.54) is 11.3 Å². The minimum Gasteiger partial charge on any atom is -0.496 e. The fourth-order valence-corrected chi connectivity index (χ4v) is 5.16. The lowest BCUT2D eigenvalue weighted by Gasteiger charge is -2.17. The Bertz CT molecular complexity index is 1320. The first-order valence-electron chi connectivity index (χ1n) is 9.92. The van der Waals surface area contributed by atoms with E-state index in [0.717, 1.165) is 41.4 Å². The third-order valence-corrected chi connectivity index (χ3v) is 6.73. The highest BCUT2D eigenvalue weighted by Gasteiger charge is 2.21. The van der Waals surface area contributed by atoms with Gasteiger partial charge in [0.05, 0.1) is 7.11 Å². The number of ether oxygens (including phenoxy) is 1. The molecule has 1 aliphatic rings. The zero-order valence-corrected chi connectivity index (χ0v) is 19.8. The lowest BCUT2D eigenvalue weighted by molar-refractivity contribution is 0.321. The van der Waals surface area contributed by atoms with Crippen LogP contribution in [0, 0.1) is 5.82 Å². The summed E-state index contributed by atoms with van der Waals surface area (Å²) in [6.07, 6.45) is 0.946. The van der Waals surface area contributed by atoms with Gasteiger partial charge < -0.3 is 15.5 Å². The van der Waals surface area contributed by atoms with Crippen molar-refractivity contribution in [2.75, 3.05) is 20.2 Å². The van der Waals surface area contributed by atoms with Crippen LogP contribution in [0.1, 0.15) is 12.0 Å². The second-order valence-electron chi connectivity index (χ2n) is 7.77. The number of hydrogen-bond acceptors (Lipinski definition) is 5. The molecule has 0 amide bonds. The third-order valence-electron chi connectivity index (χ3n) is 5.82. The fraction of sp³-hybridized carbons (Fsp3) is 0.261. The first kappa shape index (κ1) is 24.5. The van der Waals surface area contributed by atoms with Gasteiger partial charge in [0, 0.05) is 53.1 Å². The van der Waals surface area contributed by atoms with Crippen LogP contribution in [0.5, 0.6) is 5.75 Å². The number of hydrogen-bond donors (Lipinski definition) is 2. The molecule has 3 N–H and O–H groups in total. The van der Waals surface area contributed by atoms with Crippen molar-refractivity contribution in [2.24, 2.45) is 5.73 Å². The minimum atomic E-state index is -0.252. The van der Waals surface area contributed by atoms with Crippen LogP contribution < -0.4 is 16.0 Å². The van der Waals surface area contributed by atoms with E-state index in [9.17, 15) is 4.79 Å². The van der Waals surface area contributed by atoms with Crippen LogP contribution >= 0.6 is 36.2 Å².